The molecule has 0 unspecified atom stereocenters. The minimum atomic E-state index is -6.03. The maximum Gasteiger partial charge on any atom is 0.424 e. The van der Waals surface area contributed by atoms with E-state index in [2.05, 4.69) is 0 Å². The molecule has 0 saturated heterocycles. The van der Waals surface area contributed by atoms with Gasteiger partial charge in [-0.15, -0.1) is 0 Å². The number of halogens is 9. The second kappa shape index (κ2) is 5.60. The van der Waals surface area contributed by atoms with E-state index in [0.29, 0.717) is 6.92 Å². The van der Waals surface area contributed by atoms with Crippen LogP contribution in [0.1, 0.15) is 18.1 Å². The summed E-state index contributed by atoms with van der Waals surface area (Å²) in [7, 11) is 0. The number of hydrogen-bond donors (Lipinski definition) is 1. The van der Waals surface area contributed by atoms with Gasteiger partial charge in [0.05, 0.1) is 5.56 Å². The summed E-state index contributed by atoms with van der Waals surface area (Å²) in [6, 6.07) is 0.201. The van der Waals surface area contributed by atoms with Crippen molar-refractivity contribution in [1.82, 2.24) is 5.32 Å². The fraction of sp³-hybridized carbons (Fsp3) is 0.417. The summed E-state index contributed by atoms with van der Waals surface area (Å²) >= 11 is 0. The predicted molar refractivity (Wildman–Crippen MR) is 59.0 cm³/mol. The molecule has 0 spiro atoms. The van der Waals surface area contributed by atoms with Crippen molar-refractivity contribution < 1.29 is 44.3 Å². The molecule has 11 heteroatoms. The average molecular weight is 353 g/mol. The minimum absolute atomic E-state index is 0.0275. The number of rotatable bonds is 2. The topological polar surface area (TPSA) is 29.1 Å². The highest BCUT2D eigenvalue weighted by atomic mass is 19.4. The molecule has 0 radical (unpaired) electrons. The van der Waals surface area contributed by atoms with Crippen LogP contribution in [-0.2, 0) is 16.5 Å². The number of amides is 1. The SMILES string of the molecule is CC(=O)NC(c1ccc(C(F)(F)F)cc1)(C(F)(F)F)C(F)(F)F. The van der Waals surface area contributed by atoms with Crippen molar-refractivity contribution in [1.29, 1.82) is 0 Å². The van der Waals surface area contributed by atoms with Crippen molar-refractivity contribution in [3.63, 3.8) is 0 Å². The largest absolute Gasteiger partial charge is 0.424 e. The van der Waals surface area contributed by atoms with Crippen LogP contribution in [0, 0.1) is 0 Å². The Labute approximate surface area is 123 Å². The maximum absolute atomic E-state index is 13.1. The third-order valence-corrected chi connectivity index (χ3v) is 2.86. The van der Waals surface area contributed by atoms with E-state index in [-0.39, 0.29) is 24.3 Å². The van der Waals surface area contributed by atoms with Crippen molar-refractivity contribution in [3.05, 3.63) is 35.4 Å². The monoisotopic (exact) mass is 353 g/mol. The van der Waals surface area contributed by atoms with Crippen LogP contribution >= 0.6 is 0 Å². The normalized spacial score (nSPS) is 13.8. The van der Waals surface area contributed by atoms with Gasteiger partial charge in [-0.1, -0.05) is 12.1 Å². The molecule has 0 saturated carbocycles. The summed E-state index contributed by atoms with van der Waals surface area (Å²) in [6.45, 7) is 0.427. The van der Waals surface area contributed by atoms with Crippen LogP contribution in [0.15, 0.2) is 24.3 Å². The fourth-order valence-electron chi connectivity index (χ4n) is 1.88. The first-order valence-electron chi connectivity index (χ1n) is 5.73. The second-order valence-corrected chi connectivity index (χ2v) is 4.50. The molecular weight excluding hydrogens is 345 g/mol. The number of carbonyl (C=O) groups excluding carboxylic acids is 1. The van der Waals surface area contributed by atoms with E-state index in [0.717, 1.165) is 5.32 Å². The third kappa shape index (κ3) is 3.53. The summed E-state index contributed by atoms with van der Waals surface area (Å²) in [5.41, 5.74) is -7.82. The summed E-state index contributed by atoms with van der Waals surface area (Å²) in [4.78, 5) is 10.9. The number of benzene rings is 1. The molecule has 1 N–H and O–H groups in total. The van der Waals surface area contributed by atoms with E-state index in [1.54, 1.807) is 0 Å². The lowest BCUT2D eigenvalue weighted by molar-refractivity contribution is -0.311. The van der Waals surface area contributed by atoms with Crippen molar-refractivity contribution in [2.45, 2.75) is 31.0 Å². The average Bonchev–Trinajstić information content (AvgIpc) is 2.31. The second-order valence-electron chi connectivity index (χ2n) is 4.50. The van der Waals surface area contributed by atoms with Crippen LogP contribution < -0.4 is 5.32 Å². The van der Waals surface area contributed by atoms with Crippen LogP contribution in [-0.4, -0.2) is 18.3 Å². The predicted octanol–water partition coefficient (Wildman–Crippen LogP) is 4.16. The first-order valence-corrected chi connectivity index (χ1v) is 5.73. The molecule has 2 nitrogen and oxygen atoms in total. The lowest BCUT2D eigenvalue weighted by Gasteiger charge is -2.38. The molecule has 23 heavy (non-hydrogen) atoms. The Morgan fingerprint density at radius 1 is 0.783 bits per heavy atom. The number of hydrogen-bond acceptors (Lipinski definition) is 1. The molecule has 1 aromatic rings. The van der Waals surface area contributed by atoms with Gasteiger partial charge in [0.2, 0.25) is 5.91 Å². The van der Waals surface area contributed by atoms with Gasteiger partial charge in [-0.2, -0.15) is 39.5 Å². The van der Waals surface area contributed by atoms with E-state index in [1.807, 2.05) is 0 Å². The quantitative estimate of drug-likeness (QED) is 0.795. The van der Waals surface area contributed by atoms with Crippen molar-refractivity contribution >= 4 is 5.91 Å². The van der Waals surface area contributed by atoms with E-state index >= 15 is 0 Å². The van der Waals surface area contributed by atoms with Gasteiger partial charge in [-0.25, -0.2) is 0 Å². The smallest absolute Gasteiger partial charge is 0.331 e. The van der Waals surface area contributed by atoms with Crippen molar-refractivity contribution in [3.8, 4) is 0 Å². The highest BCUT2D eigenvalue weighted by molar-refractivity contribution is 5.74. The van der Waals surface area contributed by atoms with Gasteiger partial charge in [-0.05, 0) is 17.7 Å². The van der Waals surface area contributed by atoms with Gasteiger partial charge in [0.1, 0.15) is 0 Å². The van der Waals surface area contributed by atoms with Crippen molar-refractivity contribution in [2.75, 3.05) is 0 Å². The zero-order valence-corrected chi connectivity index (χ0v) is 11.1. The molecular formula is C12H8F9NO. The molecule has 0 aliphatic heterocycles. The summed E-state index contributed by atoms with van der Waals surface area (Å²) < 4.78 is 116. The highest BCUT2D eigenvalue weighted by Crippen LogP contribution is 2.50. The first kappa shape index (κ1) is 19.1. The molecule has 0 heterocycles. The Kier molecular flexibility index (Phi) is 4.66. The van der Waals surface area contributed by atoms with Crippen LogP contribution in [0.5, 0.6) is 0 Å². The Morgan fingerprint density at radius 3 is 1.39 bits per heavy atom. The van der Waals surface area contributed by atoms with Gasteiger partial charge in [0.15, 0.2) is 0 Å². The van der Waals surface area contributed by atoms with Crippen molar-refractivity contribution in [2.24, 2.45) is 0 Å². The molecule has 0 fully saturated rings. The standard InChI is InChI=1S/C12H8F9NO/c1-6(23)22-9(11(16,17)18,12(19,20)21)7-2-4-8(5-3-7)10(13,14)15/h2-5H,1H3,(H,22,23). The molecule has 0 bridgehead atoms. The van der Waals surface area contributed by atoms with Crippen LogP contribution in [0.25, 0.3) is 0 Å². The zero-order valence-electron chi connectivity index (χ0n) is 11.1. The molecule has 0 aliphatic carbocycles. The molecule has 0 aromatic heterocycles. The molecule has 1 aromatic carbocycles. The van der Waals surface area contributed by atoms with E-state index in [9.17, 15) is 44.3 Å². The minimum Gasteiger partial charge on any atom is -0.331 e. The molecule has 0 atom stereocenters. The Morgan fingerprint density at radius 2 is 1.13 bits per heavy atom. The highest BCUT2D eigenvalue weighted by Gasteiger charge is 2.72. The van der Waals surface area contributed by atoms with Crippen LogP contribution in [0.2, 0.25) is 0 Å². The number of carbonyl (C=O) groups is 1. The zero-order chi connectivity index (χ0) is 18.3. The Balaban J connectivity index is 3.61. The first-order chi connectivity index (χ1) is 10.1. The van der Waals surface area contributed by atoms with Gasteiger partial charge in [0.25, 0.3) is 5.54 Å². The van der Waals surface area contributed by atoms with Gasteiger partial charge in [-0.3, -0.25) is 4.79 Å². The van der Waals surface area contributed by atoms with Gasteiger partial charge < -0.3 is 5.32 Å². The third-order valence-electron chi connectivity index (χ3n) is 2.86. The lowest BCUT2D eigenvalue weighted by atomic mass is 9.87. The Bertz CT molecular complexity index is 554. The fourth-order valence-corrected chi connectivity index (χ4v) is 1.88. The summed E-state index contributed by atoms with van der Waals surface area (Å²) in [6.07, 6.45) is -17.0. The summed E-state index contributed by atoms with van der Waals surface area (Å²) in [5.74, 6) is -1.65. The molecule has 1 rings (SSSR count). The number of alkyl halides is 9. The summed E-state index contributed by atoms with van der Waals surface area (Å²) in [5, 5.41) is 0.778. The molecule has 1 amide bonds. The van der Waals surface area contributed by atoms with E-state index in [4.69, 9.17) is 0 Å². The maximum atomic E-state index is 13.1. The lowest BCUT2D eigenvalue weighted by Crippen LogP contribution is -2.64. The van der Waals surface area contributed by atoms with Gasteiger partial charge in [0, 0.05) is 6.92 Å². The number of nitrogens with one attached hydrogen (secondary N) is 1. The van der Waals surface area contributed by atoms with Crippen LogP contribution in [0.3, 0.4) is 0 Å². The Hall–Kier alpha value is -1.94. The van der Waals surface area contributed by atoms with Crippen LogP contribution in [0.4, 0.5) is 39.5 Å². The molecule has 130 valence electrons. The molecule has 0 aliphatic rings. The van der Waals surface area contributed by atoms with E-state index in [1.165, 1.54) is 0 Å². The van der Waals surface area contributed by atoms with E-state index < -0.39 is 41.1 Å². The van der Waals surface area contributed by atoms with Gasteiger partial charge >= 0.3 is 18.5 Å².